The SMILES string of the molecule is COc1cc(-c2ccc3c(-n4cnc5ccccc54)cccc3c2)ccc1C#N. The molecule has 1 heterocycles. The summed E-state index contributed by atoms with van der Waals surface area (Å²) in [6, 6.07) is 28.7. The van der Waals surface area contributed by atoms with Gasteiger partial charge in [-0.15, -0.1) is 0 Å². The van der Waals surface area contributed by atoms with Crippen LogP contribution in [-0.2, 0) is 0 Å². The van der Waals surface area contributed by atoms with Crippen LogP contribution in [0, 0.1) is 11.3 Å². The van der Waals surface area contributed by atoms with E-state index in [-0.39, 0.29) is 0 Å². The number of benzene rings is 4. The molecule has 0 bridgehead atoms. The summed E-state index contributed by atoms with van der Waals surface area (Å²) in [4.78, 5) is 4.53. The number of aromatic nitrogens is 2. The van der Waals surface area contributed by atoms with Crippen molar-refractivity contribution in [3.05, 3.63) is 90.8 Å². The van der Waals surface area contributed by atoms with Gasteiger partial charge in [0, 0.05) is 5.39 Å². The highest BCUT2D eigenvalue weighted by molar-refractivity contribution is 5.95. The molecule has 4 nitrogen and oxygen atoms in total. The molecule has 0 aliphatic carbocycles. The Bertz CT molecular complexity index is 1410. The molecule has 1 aromatic heterocycles. The summed E-state index contributed by atoms with van der Waals surface area (Å²) >= 11 is 0. The maximum absolute atomic E-state index is 9.21. The lowest BCUT2D eigenvalue weighted by atomic mass is 9.99. The zero-order chi connectivity index (χ0) is 19.8. The van der Waals surface area contributed by atoms with Crippen molar-refractivity contribution in [2.45, 2.75) is 0 Å². The summed E-state index contributed by atoms with van der Waals surface area (Å²) in [6.45, 7) is 0. The molecule has 138 valence electrons. The van der Waals surface area contributed by atoms with Crippen LogP contribution < -0.4 is 4.74 Å². The molecule has 0 saturated heterocycles. The molecule has 0 N–H and O–H groups in total. The van der Waals surface area contributed by atoms with Gasteiger partial charge in [-0.05, 0) is 52.9 Å². The number of methoxy groups -OCH3 is 1. The molecule has 0 aliphatic rings. The van der Waals surface area contributed by atoms with Crippen molar-refractivity contribution in [3.63, 3.8) is 0 Å². The van der Waals surface area contributed by atoms with E-state index < -0.39 is 0 Å². The fourth-order valence-electron chi connectivity index (χ4n) is 3.77. The quantitative estimate of drug-likeness (QED) is 0.405. The van der Waals surface area contributed by atoms with Crippen molar-refractivity contribution in [1.29, 1.82) is 5.26 Å². The van der Waals surface area contributed by atoms with Crippen LogP contribution in [0.3, 0.4) is 0 Å². The standard InChI is InChI=1S/C25H17N3O/c1-29-25-14-18(9-10-20(25)15-26)17-11-12-21-19(13-17)5-4-8-23(21)28-16-27-22-6-2-3-7-24(22)28/h2-14,16H,1H3. The van der Waals surface area contributed by atoms with E-state index in [1.165, 1.54) is 0 Å². The van der Waals surface area contributed by atoms with Gasteiger partial charge in [0.1, 0.15) is 18.1 Å². The monoisotopic (exact) mass is 375 g/mol. The van der Waals surface area contributed by atoms with E-state index in [0.29, 0.717) is 11.3 Å². The minimum absolute atomic E-state index is 0.534. The van der Waals surface area contributed by atoms with Gasteiger partial charge in [0.05, 0.1) is 29.4 Å². The molecule has 0 atom stereocenters. The lowest BCUT2D eigenvalue weighted by molar-refractivity contribution is 0.413. The Balaban J connectivity index is 1.66. The fourth-order valence-corrected chi connectivity index (χ4v) is 3.77. The molecule has 0 amide bonds. The van der Waals surface area contributed by atoms with E-state index >= 15 is 0 Å². The van der Waals surface area contributed by atoms with Gasteiger partial charge < -0.3 is 4.74 Å². The number of hydrogen-bond acceptors (Lipinski definition) is 3. The summed E-state index contributed by atoms with van der Waals surface area (Å²) in [5, 5.41) is 11.5. The van der Waals surface area contributed by atoms with Gasteiger partial charge in [-0.3, -0.25) is 4.57 Å². The number of ether oxygens (including phenoxy) is 1. The van der Waals surface area contributed by atoms with Gasteiger partial charge in [0.15, 0.2) is 0 Å². The molecule has 4 heteroatoms. The number of rotatable bonds is 3. The molecule has 5 aromatic rings. The maximum Gasteiger partial charge on any atom is 0.137 e. The van der Waals surface area contributed by atoms with Crippen LogP contribution in [0.15, 0.2) is 85.2 Å². The van der Waals surface area contributed by atoms with Crippen LogP contribution in [0.5, 0.6) is 5.75 Å². The maximum atomic E-state index is 9.21. The van der Waals surface area contributed by atoms with Crippen LogP contribution in [0.4, 0.5) is 0 Å². The fraction of sp³-hybridized carbons (Fsp3) is 0.0400. The van der Waals surface area contributed by atoms with Crippen molar-refractivity contribution >= 4 is 21.8 Å². The minimum atomic E-state index is 0.534. The Morgan fingerprint density at radius 3 is 2.59 bits per heavy atom. The highest BCUT2D eigenvalue weighted by Crippen LogP contribution is 2.32. The van der Waals surface area contributed by atoms with Crippen LogP contribution in [0.1, 0.15) is 5.56 Å². The Hall–Kier alpha value is -4.10. The average molecular weight is 375 g/mol. The first-order valence-electron chi connectivity index (χ1n) is 9.32. The predicted molar refractivity (Wildman–Crippen MR) is 115 cm³/mol. The molecule has 0 aliphatic heterocycles. The molecule has 29 heavy (non-hydrogen) atoms. The van der Waals surface area contributed by atoms with Crippen LogP contribution >= 0.6 is 0 Å². The smallest absolute Gasteiger partial charge is 0.137 e. The van der Waals surface area contributed by atoms with Crippen molar-refractivity contribution in [2.75, 3.05) is 7.11 Å². The van der Waals surface area contributed by atoms with Gasteiger partial charge in [-0.25, -0.2) is 4.98 Å². The largest absolute Gasteiger partial charge is 0.495 e. The van der Waals surface area contributed by atoms with Crippen molar-refractivity contribution < 1.29 is 4.74 Å². The van der Waals surface area contributed by atoms with E-state index in [2.05, 4.69) is 58.1 Å². The van der Waals surface area contributed by atoms with Gasteiger partial charge in [0.2, 0.25) is 0 Å². The molecule has 0 unspecified atom stereocenters. The molecule has 0 spiro atoms. The highest BCUT2D eigenvalue weighted by Gasteiger charge is 2.10. The highest BCUT2D eigenvalue weighted by atomic mass is 16.5. The van der Waals surface area contributed by atoms with E-state index in [0.717, 1.165) is 38.6 Å². The van der Waals surface area contributed by atoms with E-state index in [1.54, 1.807) is 13.2 Å². The molecular formula is C25H17N3O. The predicted octanol–water partition coefficient (Wildman–Crippen LogP) is 5.73. The second kappa shape index (κ2) is 6.81. The first-order valence-corrected chi connectivity index (χ1v) is 9.32. The lowest BCUT2D eigenvalue weighted by Gasteiger charge is -2.11. The summed E-state index contributed by atoms with van der Waals surface area (Å²) in [6.07, 6.45) is 1.87. The minimum Gasteiger partial charge on any atom is -0.495 e. The number of hydrogen-bond donors (Lipinski definition) is 0. The van der Waals surface area contributed by atoms with Crippen molar-refractivity contribution in [2.24, 2.45) is 0 Å². The van der Waals surface area contributed by atoms with E-state index in [4.69, 9.17) is 4.74 Å². The average Bonchev–Trinajstić information content (AvgIpc) is 3.21. The van der Waals surface area contributed by atoms with E-state index in [9.17, 15) is 5.26 Å². The van der Waals surface area contributed by atoms with Crippen molar-refractivity contribution in [1.82, 2.24) is 9.55 Å². The van der Waals surface area contributed by atoms with Crippen LogP contribution in [-0.4, -0.2) is 16.7 Å². The second-order valence-corrected chi connectivity index (χ2v) is 6.84. The van der Waals surface area contributed by atoms with Gasteiger partial charge in [-0.2, -0.15) is 5.26 Å². The number of imidazole rings is 1. The molecule has 0 fully saturated rings. The van der Waals surface area contributed by atoms with Crippen LogP contribution in [0.2, 0.25) is 0 Å². The summed E-state index contributed by atoms with van der Waals surface area (Å²) < 4.78 is 7.49. The third kappa shape index (κ3) is 2.81. The number of nitriles is 1. The first-order chi connectivity index (χ1) is 14.3. The first kappa shape index (κ1) is 17.0. The normalized spacial score (nSPS) is 10.9. The zero-order valence-corrected chi connectivity index (χ0v) is 15.8. The third-order valence-electron chi connectivity index (χ3n) is 5.23. The third-order valence-corrected chi connectivity index (χ3v) is 5.23. The molecule has 0 radical (unpaired) electrons. The van der Waals surface area contributed by atoms with Gasteiger partial charge in [0.25, 0.3) is 0 Å². The molecule has 0 saturated carbocycles. The topological polar surface area (TPSA) is 50.8 Å². The summed E-state index contributed by atoms with van der Waals surface area (Å²) in [5.41, 5.74) is 5.78. The Labute approximate surface area is 168 Å². The number of nitrogens with zero attached hydrogens (tertiary/aromatic N) is 3. The lowest BCUT2D eigenvalue weighted by Crippen LogP contribution is -1.93. The molecule has 5 rings (SSSR count). The second-order valence-electron chi connectivity index (χ2n) is 6.84. The summed E-state index contributed by atoms with van der Waals surface area (Å²) in [5.74, 6) is 0.587. The van der Waals surface area contributed by atoms with Gasteiger partial charge in [-0.1, -0.05) is 42.5 Å². The van der Waals surface area contributed by atoms with Gasteiger partial charge >= 0.3 is 0 Å². The Morgan fingerprint density at radius 1 is 0.897 bits per heavy atom. The van der Waals surface area contributed by atoms with Crippen molar-refractivity contribution in [3.8, 4) is 28.6 Å². The molecule has 4 aromatic carbocycles. The Morgan fingerprint density at radius 2 is 1.72 bits per heavy atom. The molecular weight excluding hydrogens is 358 g/mol. The summed E-state index contributed by atoms with van der Waals surface area (Å²) in [7, 11) is 1.59. The van der Waals surface area contributed by atoms with E-state index in [1.807, 2.05) is 36.7 Å². The Kier molecular flexibility index (Phi) is 4.00. The van der Waals surface area contributed by atoms with Crippen LogP contribution in [0.25, 0.3) is 38.6 Å². The number of para-hydroxylation sites is 2. The number of fused-ring (bicyclic) bond motifs is 2. The zero-order valence-electron chi connectivity index (χ0n) is 15.8.